The zero-order valence-corrected chi connectivity index (χ0v) is 17.7. The molecule has 0 aromatic heterocycles. The minimum atomic E-state index is -1.59. The van der Waals surface area contributed by atoms with Crippen molar-refractivity contribution >= 4 is 11.8 Å². The van der Waals surface area contributed by atoms with E-state index in [0.717, 1.165) is 36.0 Å². The van der Waals surface area contributed by atoms with Gasteiger partial charge in [0.2, 0.25) is 5.91 Å². The first-order chi connectivity index (χ1) is 14.9. The molecule has 2 aliphatic rings. The summed E-state index contributed by atoms with van der Waals surface area (Å²) in [5.41, 5.74) is 2.67. The van der Waals surface area contributed by atoms with Gasteiger partial charge in [0, 0.05) is 12.5 Å². The topological polar surface area (TPSA) is 49.4 Å². The van der Waals surface area contributed by atoms with Gasteiger partial charge in [-0.15, -0.1) is 0 Å². The number of benzene rings is 2. The predicted molar refractivity (Wildman–Crippen MR) is 115 cm³/mol. The van der Waals surface area contributed by atoms with Gasteiger partial charge in [0.25, 0.3) is 5.91 Å². The van der Waals surface area contributed by atoms with Gasteiger partial charge in [-0.1, -0.05) is 42.8 Å². The molecule has 2 fully saturated rings. The third-order valence-corrected chi connectivity index (χ3v) is 6.50. The second kappa shape index (κ2) is 9.16. The lowest BCUT2D eigenvalue weighted by atomic mass is 9.84. The van der Waals surface area contributed by atoms with Crippen molar-refractivity contribution in [1.82, 2.24) is 10.2 Å². The molecule has 0 radical (unpaired) electrons. The molecule has 1 N–H and O–H groups in total. The zero-order chi connectivity index (χ0) is 22.0. The second-order valence-corrected chi connectivity index (χ2v) is 8.66. The maximum atomic E-state index is 13.7. The third kappa shape index (κ3) is 4.78. The minimum Gasteiger partial charge on any atom is -0.349 e. The molecular weight excluding hydrogens is 398 g/mol. The van der Waals surface area contributed by atoms with E-state index < -0.39 is 12.1 Å². The standard InChI is InChI=1S/C25H28F2N2O2/c1-16(26)24(30)28-22-11-12-29(25(31)18-6-3-7-18)23(22)14-17-5-2-8-19(13-17)20-9-4-10-21(27)15-20/h2,4-5,8-10,13,15-16,18,22-23H,3,6-7,11-12,14H2,1H3,(H,28,30)/t16?,22-,23-/m0/s1. The fourth-order valence-electron chi connectivity index (χ4n) is 4.52. The van der Waals surface area contributed by atoms with Crippen LogP contribution in [0.5, 0.6) is 0 Å². The smallest absolute Gasteiger partial charge is 0.254 e. The van der Waals surface area contributed by atoms with Crippen LogP contribution in [0.1, 0.15) is 38.2 Å². The number of carbonyl (C=O) groups is 2. The summed E-state index contributed by atoms with van der Waals surface area (Å²) in [6.45, 7) is 1.79. The van der Waals surface area contributed by atoms with Gasteiger partial charge < -0.3 is 10.2 Å². The Labute approximate surface area is 181 Å². The van der Waals surface area contributed by atoms with E-state index >= 15 is 0 Å². The molecule has 3 atom stereocenters. The van der Waals surface area contributed by atoms with Crippen molar-refractivity contribution < 1.29 is 18.4 Å². The summed E-state index contributed by atoms with van der Waals surface area (Å²) < 4.78 is 27.2. The van der Waals surface area contributed by atoms with Gasteiger partial charge in [0.05, 0.1) is 12.1 Å². The predicted octanol–water partition coefficient (Wildman–Crippen LogP) is 4.28. The van der Waals surface area contributed by atoms with E-state index in [1.54, 1.807) is 6.07 Å². The summed E-state index contributed by atoms with van der Waals surface area (Å²) in [6, 6.07) is 13.7. The monoisotopic (exact) mass is 426 g/mol. The number of amides is 2. The number of carbonyl (C=O) groups excluding carboxylic acids is 2. The number of hydrogen-bond donors (Lipinski definition) is 1. The molecular formula is C25H28F2N2O2. The summed E-state index contributed by atoms with van der Waals surface area (Å²) in [6.07, 6.45) is 2.47. The zero-order valence-electron chi connectivity index (χ0n) is 17.7. The first-order valence-electron chi connectivity index (χ1n) is 11.0. The van der Waals surface area contributed by atoms with Gasteiger partial charge in [-0.25, -0.2) is 8.78 Å². The first kappa shape index (κ1) is 21.5. The summed E-state index contributed by atoms with van der Waals surface area (Å²) in [4.78, 5) is 26.9. The molecule has 2 aromatic rings. The summed E-state index contributed by atoms with van der Waals surface area (Å²) in [5, 5.41) is 2.80. The van der Waals surface area contributed by atoms with Crippen LogP contribution in [-0.2, 0) is 16.0 Å². The Morgan fingerprint density at radius 2 is 1.81 bits per heavy atom. The maximum Gasteiger partial charge on any atom is 0.254 e. The quantitative estimate of drug-likeness (QED) is 0.750. The lowest BCUT2D eigenvalue weighted by molar-refractivity contribution is -0.139. The average Bonchev–Trinajstić information content (AvgIpc) is 3.09. The lowest BCUT2D eigenvalue weighted by Crippen LogP contribution is -2.51. The van der Waals surface area contributed by atoms with Crippen molar-refractivity contribution in [1.29, 1.82) is 0 Å². The van der Waals surface area contributed by atoms with Crippen molar-refractivity contribution in [3.8, 4) is 11.1 Å². The normalized spacial score (nSPS) is 22.1. The summed E-state index contributed by atoms with van der Waals surface area (Å²) in [5.74, 6) is -0.723. The Bertz CT molecular complexity index is 958. The molecule has 1 aliphatic carbocycles. The molecule has 1 unspecified atom stereocenters. The van der Waals surface area contributed by atoms with Crippen molar-refractivity contribution in [2.24, 2.45) is 5.92 Å². The Hall–Kier alpha value is -2.76. The van der Waals surface area contributed by atoms with Crippen LogP contribution in [0.15, 0.2) is 48.5 Å². The fourth-order valence-corrected chi connectivity index (χ4v) is 4.52. The van der Waals surface area contributed by atoms with Crippen LogP contribution in [0.3, 0.4) is 0 Å². The molecule has 4 rings (SSSR count). The number of likely N-dealkylation sites (tertiary alicyclic amines) is 1. The molecule has 2 aromatic carbocycles. The van der Waals surface area contributed by atoms with Crippen LogP contribution in [0.4, 0.5) is 8.78 Å². The van der Waals surface area contributed by atoms with Gasteiger partial charge in [-0.3, -0.25) is 9.59 Å². The van der Waals surface area contributed by atoms with E-state index in [4.69, 9.17) is 0 Å². The SMILES string of the molecule is CC(F)C(=O)N[C@H]1CCN(C(=O)C2CCC2)[C@H]1Cc1cccc(-c2cccc(F)c2)c1. The Kier molecular flexibility index (Phi) is 6.35. The van der Waals surface area contributed by atoms with E-state index in [0.29, 0.717) is 19.4 Å². The largest absolute Gasteiger partial charge is 0.349 e. The number of alkyl halides is 1. The van der Waals surface area contributed by atoms with E-state index in [1.807, 2.05) is 35.2 Å². The first-order valence-corrected chi connectivity index (χ1v) is 11.0. The minimum absolute atomic E-state index is 0.0654. The van der Waals surface area contributed by atoms with Gasteiger partial charge in [0.15, 0.2) is 6.17 Å². The number of nitrogens with zero attached hydrogens (tertiary/aromatic N) is 1. The van der Waals surface area contributed by atoms with E-state index in [1.165, 1.54) is 19.1 Å². The molecule has 0 bridgehead atoms. The number of rotatable bonds is 6. The highest BCUT2D eigenvalue weighted by Crippen LogP contribution is 2.33. The Morgan fingerprint density at radius 3 is 2.45 bits per heavy atom. The summed E-state index contributed by atoms with van der Waals surface area (Å²) >= 11 is 0. The van der Waals surface area contributed by atoms with Crippen molar-refractivity contribution in [2.45, 2.75) is 57.3 Å². The molecule has 1 saturated carbocycles. The van der Waals surface area contributed by atoms with Gasteiger partial charge in [0.1, 0.15) is 5.82 Å². The van der Waals surface area contributed by atoms with Crippen LogP contribution in [0.25, 0.3) is 11.1 Å². The molecule has 1 heterocycles. The molecule has 1 aliphatic heterocycles. The van der Waals surface area contributed by atoms with Gasteiger partial charge in [-0.05, 0) is 61.4 Å². The Morgan fingerprint density at radius 1 is 1.10 bits per heavy atom. The molecule has 2 amide bonds. The number of hydrogen-bond acceptors (Lipinski definition) is 2. The highest BCUT2D eigenvalue weighted by Gasteiger charge is 2.41. The second-order valence-electron chi connectivity index (χ2n) is 8.66. The maximum absolute atomic E-state index is 13.7. The van der Waals surface area contributed by atoms with Crippen molar-refractivity contribution in [3.05, 3.63) is 59.9 Å². The summed E-state index contributed by atoms with van der Waals surface area (Å²) in [7, 11) is 0. The number of nitrogens with one attached hydrogen (secondary N) is 1. The number of halogens is 2. The highest BCUT2D eigenvalue weighted by molar-refractivity contribution is 5.82. The Balaban J connectivity index is 1.57. The van der Waals surface area contributed by atoms with E-state index in [-0.39, 0.29) is 29.7 Å². The molecule has 4 nitrogen and oxygen atoms in total. The van der Waals surface area contributed by atoms with E-state index in [2.05, 4.69) is 5.32 Å². The third-order valence-electron chi connectivity index (χ3n) is 6.50. The van der Waals surface area contributed by atoms with Crippen LogP contribution in [0.2, 0.25) is 0 Å². The molecule has 31 heavy (non-hydrogen) atoms. The average molecular weight is 427 g/mol. The van der Waals surface area contributed by atoms with E-state index in [9.17, 15) is 18.4 Å². The molecule has 164 valence electrons. The van der Waals surface area contributed by atoms with Crippen LogP contribution in [0, 0.1) is 11.7 Å². The molecule has 1 saturated heterocycles. The lowest BCUT2D eigenvalue weighted by Gasteiger charge is -2.34. The fraction of sp³-hybridized carbons (Fsp3) is 0.440. The van der Waals surface area contributed by atoms with Crippen molar-refractivity contribution in [3.63, 3.8) is 0 Å². The van der Waals surface area contributed by atoms with Gasteiger partial charge >= 0.3 is 0 Å². The molecule has 6 heteroatoms. The highest BCUT2D eigenvalue weighted by atomic mass is 19.1. The van der Waals surface area contributed by atoms with Crippen LogP contribution >= 0.6 is 0 Å². The van der Waals surface area contributed by atoms with Crippen molar-refractivity contribution in [2.75, 3.05) is 6.54 Å². The van der Waals surface area contributed by atoms with Crippen LogP contribution in [-0.4, -0.2) is 41.5 Å². The van der Waals surface area contributed by atoms with Gasteiger partial charge in [-0.2, -0.15) is 0 Å². The van der Waals surface area contributed by atoms with Crippen LogP contribution < -0.4 is 5.32 Å². The molecule has 0 spiro atoms.